The third-order valence-corrected chi connectivity index (χ3v) is 4.85. The van der Waals surface area contributed by atoms with E-state index in [4.69, 9.17) is 4.74 Å². The topological polar surface area (TPSA) is 57.7 Å². The molecule has 144 valence electrons. The number of hydrogen-bond acceptors (Lipinski definition) is 5. The maximum atomic E-state index is 12.2. The molecule has 1 aliphatic heterocycles. The predicted molar refractivity (Wildman–Crippen MR) is 106 cm³/mol. The molecule has 6 nitrogen and oxygen atoms in total. The minimum absolute atomic E-state index is 0.0862. The van der Waals surface area contributed by atoms with E-state index in [2.05, 4.69) is 26.2 Å². The van der Waals surface area contributed by atoms with Crippen molar-refractivity contribution >= 4 is 5.91 Å². The number of para-hydroxylation sites is 1. The van der Waals surface area contributed by atoms with E-state index >= 15 is 0 Å². The van der Waals surface area contributed by atoms with Crippen LogP contribution in [0.2, 0.25) is 0 Å². The molecule has 1 aliphatic rings. The number of methoxy groups -OCH3 is 1. The van der Waals surface area contributed by atoms with Crippen LogP contribution < -0.4 is 10.1 Å². The highest BCUT2D eigenvalue weighted by atomic mass is 16.5. The Morgan fingerprint density at radius 2 is 1.81 bits per heavy atom. The van der Waals surface area contributed by atoms with Gasteiger partial charge < -0.3 is 10.1 Å². The average molecular weight is 368 g/mol. The Bertz CT molecular complexity index is 715. The molecule has 2 heterocycles. The summed E-state index contributed by atoms with van der Waals surface area (Å²) in [4.78, 5) is 21.2. The summed E-state index contributed by atoms with van der Waals surface area (Å²) in [6, 6.07) is 13.9. The minimum atomic E-state index is 0.0862. The van der Waals surface area contributed by atoms with Gasteiger partial charge in [0.1, 0.15) is 5.75 Å². The summed E-state index contributed by atoms with van der Waals surface area (Å²) in [6.07, 6.45) is 2.61. The minimum Gasteiger partial charge on any atom is -0.496 e. The van der Waals surface area contributed by atoms with Crippen molar-refractivity contribution < 1.29 is 9.53 Å². The molecule has 1 saturated heterocycles. The number of hydrogen-bond donors (Lipinski definition) is 1. The maximum Gasteiger partial charge on any atom is 0.234 e. The molecule has 27 heavy (non-hydrogen) atoms. The van der Waals surface area contributed by atoms with Gasteiger partial charge in [0.2, 0.25) is 5.91 Å². The molecular weight excluding hydrogens is 340 g/mol. The summed E-state index contributed by atoms with van der Waals surface area (Å²) in [5.41, 5.74) is 2.21. The lowest BCUT2D eigenvalue weighted by Crippen LogP contribution is -2.49. The Kier molecular flexibility index (Phi) is 7.19. The Hall–Kier alpha value is -2.44. The fourth-order valence-electron chi connectivity index (χ4n) is 3.33. The third-order valence-electron chi connectivity index (χ3n) is 4.85. The second-order valence-electron chi connectivity index (χ2n) is 6.79. The van der Waals surface area contributed by atoms with Crippen LogP contribution in [0, 0.1) is 0 Å². The van der Waals surface area contributed by atoms with E-state index in [1.165, 1.54) is 0 Å². The first-order chi connectivity index (χ1) is 13.2. The molecule has 0 aliphatic carbocycles. The number of rotatable bonds is 8. The molecule has 0 atom stereocenters. The third kappa shape index (κ3) is 6.05. The zero-order chi connectivity index (χ0) is 18.9. The number of amides is 1. The number of nitrogens with one attached hydrogen (secondary N) is 1. The zero-order valence-corrected chi connectivity index (χ0v) is 15.9. The first kappa shape index (κ1) is 19.3. The van der Waals surface area contributed by atoms with Gasteiger partial charge in [-0.25, -0.2) is 0 Å². The standard InChI is InChI=1S/C21H28N4O2/c1-27-20-8-3-2-6-18(20)9-11-23-21(26)17-25-14-12-24(13-15-25)16-19-7-4-5-10-22-19/h2-8,10H,9,11-17H2,1H3,(H,23,26). The summed E-state index contributed by atoms with van der Waals surface area (Å²) in [5.74, 6) is 0.957. The van der Waals surface area contributed by atoms with Crippen molar-refractivity contribution in [2.45, 2.75) is 13.0 Å². The molecule has 0 radical (unpaired) electrons. The number of ether oxygens (including phenoxy) is 1. The molecule has 1 fully saturated rings. The van der Waals surface area contributed by atoms with Crippen LogP contribution >= 0.6 is 0 Å². The largest absolute Gasteiger partial charge is 0.496 e. The van der Waals surface area contributed by atoms with E-state index in [1.54, 1.807) is 7.11 Å². The lowest BCUT2D eigenvalue weighted by Gasteiger charge is -2.34. The smallest absolute Gasteiger partial charge is 0.234 e. The van der Waals surface area contributed by atoms with Crippen LogP contribution in [0.3, 0.4) is 0 Å². The Morgan fingerprint density at radius 3 is 2.56 bits per heavy atom. The molecule has 2 aromatic rings. The number of piperazine rings is 1. The van der Waals surface area contributed by atoms with E-state index < -0.39 is 0 Å². The van der Waals surface area contributed by atoms with E-state index in [-0.39, 0.29) is 5.91 Å². The van der Waals surface area contributed by atoms with E-state index in [1.807, 2.05) is 42.6 Å². The molecule has 1 aromatic carbocycles. The Labute approximate surface area is 161 Å². The van der Waals surface area contributed by atoms with Crippen LogP contribution in [0.15, 0.2) is 48.7 Å². The van der Waals surface area contributed by atoms with Crippen molar-refractivity contribution in [1.29, 1.82) is 0 Å². The fraction of sp³-hybridized carbons (Fsp3) is 0.429. The summed E-state index contributed by atoms with van der Waals surface area (Å²) in [5, 5.41) is 3.02. The normalized spacial score (nSPS) is 15.4. The number of nitrogens with zero attached hydrogens (tertiary/aromatic N) is 3. The van der Waals surface area contributed by atoms with Crippen molar-refractivity contribution in [1.82, 2.24) is 20.1 Å². The Balaban J connectivity index is 1.34. The molecule has 0 saturated carbocycles. The van der Waals surface area contributed by atoms with Gasteiger partial charge in [-0.3, -0.25) is 19.6 Å². The van der Waals surface area contributed by atoms with Crippen molar-refractivity contribution in [3.05, 3.63) is 59.9 Å². The first-order valence-electron chi connectivity index (χ1n) is 9.48. The van der Waals surface area contributed by atoms with Gasteiger partial charge >= 0.3 is 0 Å². The van der Waals surface area contributed by atoms with E-state index in [9.17, 15) is 4.79 Å². The van der Waals surface area contributed by atoms with Crippen LogP contribution in [0.5, 0.6) is 5.75 Å². The Morgan fingerprint density at radius 1 is 1.07 bits per heavy atom. The van der Waals surface area contributed by atoms with Crippen LogP contribution in [0.1, 0.15) is 11.3 Å². The van der Waals surface area contributed by atoms with Gasteiger partial charge in [0.15, 0.2) is 0 Å². The van der Waals surface area contributed by atoms with E-state index in [0.29, 0.717) is 13.1 Å². The lowest BCUT2D eigenvalue weighted by atomic mass is 10.1. The predicted octanol–water partition coefficient (Wildman–Crippen LogP) is 1.57. The highest BCUT2D eigenvalue weighted by Gasteiger charge is 2.19. The number of carbonyl (C=O) groups is 1. The van der Waals surface area contributed by atoms with Gasteiger partial charge in [0.05, 0.1) is 19.3 Å². The van der Waals surface area contributed by atoms with Gasteiger partial charge in [-0.1, -0.05) is 24.3 Å². The van der Waals surface area contributed by atoms with Gasteiger partial charge in [0.25, 0.3) is 0 Å². The van der Waals surface area contributed by atoms with Crippen LogP contribution in [-0.2, 0) is 17.8 Å². The summed E-state index contributed by atoms with van der Waals surface area (Å²) in [7, 11) is 1.67. The molecule has 0 bridgehead atoms. The number of carbonyl (C=O) groups excluding carboxylic acids is 1. The summed E-state index contributed by atoms with van der Waals surface area (Å²) < 4.78 is 5.35. The van der Waals surface area contributed by atoms with E-state index in [0.717, 1.165) is 56.2 Å². The SMILES string of the molecule is COc1ccccc1CCNC(=O)CN1CCN(Cc2ccccn2)CC1. The zero-order valence-electron chi connectivity index (χ0n) is 15.9. The van der Waals surface area contributed by atoms with Gasteiger partial charge in [-0.15, -0.1) is 0 Å². The second kappa shape index (κ2) is 10.0. The first-order valence-corrected chi connectivity index (χ1v) is 9.48. The fourth-order valence-corrected chi connectivity index (χ4v) is 3.33. The molecular formula is C21H28N4O2. The quantitative estimate of drug-likeness (QED) is 0.766. The van der Waals surface area contributed by atoms with Gasteiger partial charge in [-0.05, 0) is 30.2 Å². The number of aromatic nitrogens is 1. The van der Waals surface area contributed by atoms with Crippen molar-refractivity contribution in [3.63, 3.8) is 0 Å². The van der Waals surface area contributed by atoms with Gasteiger partial charge in [-0.2, -0.15) is 0 Å². The number of pyridine rings is 1. The molecule has 3 rings (SSSR count). The molecule has 1 amide bonds. The summed E-state index contributed by atoms with van der Waals surface area (Å²) >= 11 is 0. The highest BCUT2D eigenvalue weighted by Crippen LogP contribution is 2.17. The highest BCUT2D eigenvalue weighted by molar-refractivity contribution is 5.78. The summed E-state index contributed by atoms with van der Waals surface area (Å²) in [6.45, 7) is 5.71. The lowest BCUT2D eigenvalue weighted by molar-refractivity contribution is -0.122. The van der Waals surface area contributed by atoms with Crippen LogP contribution in [0.4, 0.5) is 0 Å². The average Bonchev–Trinajstić information content (AvgIpc) is 2.71. The van der Waals surface area contributed by atoms with Crippen molar-refractivity contribution in [2.24, 2.45) is 0 Å². The molecule has 0 spiro atoms. The van der Waals surface area contributed by atoms with Crippen molar-refractivity contribution in [3.8, 4) is 5.75 Å². The van der Waals surface area contributed by atoms with Gasteiger partial charge in [0, 0.05) is 45.5 Å². The second-order valence-corrected chi connectivity index (χ2v) is 6.79. The molecule has 1 N–H and O–H groups in total. The molecule has 6 heteroatoms. The van der Waals surface area contributed by atoms with Crippen molar-refractivity contribution in [2.75, 3.05) is 46.4 Å². The van der Waals surface area contributed by atoms with Crippen LogP contribution in [-0.4, -0.2) is 67.1 Å². The monoisotopic (exact) mass is 368 g/mol. The number of benzene rings is 1. The maximum absolute atomic E-state index is 12.2. The molecule has 0 unspecified atom stereocenters. The molecule has 1 aromatic heterocycles. The van der Waals surface area contributed by atoms with Crippen LogP contribution in [0.25, 0.3) is 0 Å².